The zero-order chi connectivity index (χ0) is 14.7. The number of hydrogen-bond acceptors (Lipinski definition) is 4. The predicted octanol–water partition coefficient (Wildman–Crippen LogP) is 1.11. The summed E-state index contributed by atoms with van der Waals surface area (Å²) in [7, 11) is 0. The molecule has 6 nitrogen and oxygen atoms in total. The molecule has 2 atom stereocenters. The van der Waals surface area contributed by atoms with Crippen LogP contribution in [0, 0.1) is 12.8 Å². The molecule has 1 aliphatic carbocycles. The summed E-state index contributed by atoms with van der Waals surface area (Å²) in [5.74, 6) is -1.63. The highest BCUT2D eigenvalue weighted by atomic mass is 16.4. The monoisotopic (exact) mass is 275 g/mol. The third kappa shape index (κ3) is 3.01. The number of nitrogens with one attached hydrogen (secondary N) is 1. The van der Waals surface area contributed by atoms with E-state index in [2.05, 4.69) is 15.5 Å². The summed E-state index contributed by atoms with van der Waals surface area (Å²) in [6.07, 6.45) is 4.35. The Labute approximate surface area is 116 Å². The number of carbonyl (C=O) groups excluding carboxylic acids is 1. The van der Waals surface area contributed by atoms with Crippen LogP contribution in [0.1, 0.15) is 35.1 Å². The number of nitrogens with zero attached hydrogens (tertiary/aromatic N) is 2. The molecular weight excluding hydrogens is 258 g/mol. The molecule has 2 rings (SSSR count). The zero-order valence-electron chi connectivity index (χ0n) is 11.5. The first-order valence-corrected chi connectivity index (χ1v) is 6.56. The van der Waals surface area contributed by atoms with Crippen molar-refractivity contribution in [2.45, 2.75) is 32.7 Å². The molecule has 1 heterocycles. The lowest BCUT2D eigenvalue weighted by Gasteiger charge is -2.13. The Kier molecular flexibility index (Phi) is 4.12. The average Bonchev–Trinajstić information content (AvgIpc) is 2.87. The van der Waals surface area contributed by atoms with E-state index < -0.39 is 11.9 Å². The molecule has 1 aromatic heterocycles. The summed E-state index contributed by atoms with van der Waals surface area (Å²) in [4.78, 5) is 23.1. The number of hydrogen-bond donors (Lipinski definition) is 2. The quantitative estimate of drug-likeness (QED) is 0.803. The van der Waals surface area contributed by atoms with E-state index in [0.717, 1.165) is 0 Å². The third-order valence-corrected chi connectivity index (χ3v) is 3.29. The lowest BCUT2D eigenvalue weighted by Crippen LogP contribution is -2.34. The van der Waals surface area contributed by atoms with Gasteiger partial charge in [-0.1, -0.05) is 19.1 Å². The SMILES string of the molecule is CCc1nnc(C)cc1C(=O)NC1C=CC(C(=O)O)C1. The summed E-state index contributed by atoms with van der Waals surface area (Å²) >= 11 is 0. The lowest BCUT2D eigenvalue weighted by atomic mass is 10.1. The Bertz CT molecular complexity index is 569. The molecule has 1 amide bonds. The van der Waals surface area contributed by atoms with Crippen LogP contribution in [0.3, 0.4) is 0 Å². The van der Waals surface area contributed by atoms with Crippen molar-refractivity contribution < 1.29 is 14.7 Å². The van der Waals surface area contributed by atoms with E-state index in [4.69, 9.17) is 5.11 Å². The van der Waals surface area contributed by atoms with Gasteiger partial charge in [0.2, 0.25) is 0 Å². The summed E-state index contributed by atoms with van der Waals surface area (Å²) in [6, 6.07) is 1.45. The zero-order valence-corrected chi connectivity index (χ0v) is 11.5. The van der Waals surface area contributed by atoms with Gasteiger partial charge in [0.1, 0.15) is 0 Å². The van der Waals surface area contributed by atoms with Crippen molar-refractivity contribution in [2.75, 3.05) is 0 Å². The topological polar surface area (TPSA) is 92.2 Å². The molecule has 2 unspecified atom stereocenters. The molecule has 0 bridgehead atoms. The summed E-state index contributed by atoms with van der Waals surface area (Å²) < 4.78 is 0. The molecule has 2 N–H and O–H groups in total. The molecule has 106 valence electrons. The maximum absolute atomic E-state index is 12.2. The van der Waals surface area contributed by atoms with Gasteiger partial charge >= 0.3 is 5.97 Å². The van der Waals surface area contributed by atoms with E-state index in [1.54, 1.807) is 25.1 Å². The Balaban J connectivity index is 2.08. The van der Waals surface area contributed by atoms with E-state index in [1.165, 1.54) is 0 Å². The number of aryl methyl sites for hydroxylation is 2. The third-order valence-electron chi connectivity index (χ3n) is 3.29. The number of rotatable bonds is 4. The van der Waals surface area contributed by atoms with Crippen LogP contribution >= 0.6 is 0 Å². The number of carbonyl (C=O) groups is 2. The van der Waals surface area contributed by atoms with Gasteiger partial charge in [-0.05, 0) is 25.8 Å². The first-order valence-electron chi connectivity index (χ1n) is 6.56. The van der Waals surface area contributed by atoms with Gasteiger partial charge < -0.3 is 10.4 Å². The van der Waals surface area contributed by atoms with Crippen molar-refractivity contribution in [1.82, 2.24) is 15.5 Å². The molecule has 0 saturated carbocycles. The first kappa shape index (κ1) is 14.2. The van der Waals surface area contributed by atoms with Gasteiger partial charge in [-0.15, -0.1) is 0 Å². The standard InChI is InChI=1S/C14H17N3O3/c1-3-12-11(6-8(2)16-17-12)13(18)15-10-5-4-9(7-10)14(19)20/h4-6,9-10H,3,7H2,1-2H3,(H,15,18)(H,19,20). The van der Waals surface area contributed by atoms with E-state index in [9.17, 15) is 9.59 Å². The van der Waals surface area contributed by atoms with Crippen LogP contribution in [0.2, 0.25) is 0 Å². The number of carboxylic acid groups (broad SMARTS) is 1. The Hall–Kier alpha value is -2.24. The van der Waals surface area contributed by atoms with Gasteiger partial charge in [-0.25, -0.2) is 0 Å². The van der Waals surface area contributed by atoms with Crippen molar-refractivity contribution in [3.05, 3.63) is 35.2 Å². The predicted molar refractivity (Wildman–Crippen MR) is 72.3 cm³/mol. The molecule has 0 aromatic carbocycles. The Morgan fingerprint density at radius 1 is 1.40 bits per heavy atom. The normalized spacial score (nSPS) is 20.9. The van der Waals surface area contributed by atoms with Crippen LogP contribution in [0.4, 0.5) is 0 Å². The van der Waals surface area contributed by atoms with Crippen molar-refractivity contribution in [3.8, 4) is 0 Å². The van der Waals surface area contributed by atoms with E-state index >= 15 is 0 Å². The van der Waals surface area contributed by atoms with Crippen molar-refractivity contribution in [3.63, 3.8) is 0 Å². The van der Waals surface area contributed by atoms with Crippen LogP contribution in [0.15, 0.2) is 18.2 Å². The molecule has 1 aromatic rings. The summed E-state index contributed by atoms with van der Waals surface area (Å²) in [6.45, 7) is 3.69. The van der Waals surface area contributed by atoms with Crippen molar-refractivity contribution in [2.24, 2.45) is 5.92 Å². The number of aliphatic carboxylic acids is 1. The minimum atomic E-state index is -0.867. The number of carboxylic acids is 1. The number of amides is 1. The number of aromatic nitrogens is 2. The van der Waals surface area contributed by atoms with E-state index in [-0.39, 0.29) is 11.9 Å². The Morgan fingerprint density at radius 2 is 2.15 bits per heavy atom. The molecule has 0 radical (unpaired) electrons. The van der Waals surface area contributed by atoms with Crippen LogP contribution in [-0.2, 0) is 11.2 Å². The molecule has 6 heteroatoms. The minimum absolute atomic E-state index is 0.236. The molecule has 0 fully saturated rings. The fourth-order valence-corrected chi connectivity index (χ4v) is 2.21. The molecule has 0 saturated heterocycles. The van der Waals surface area contributed by atoms with Crippen LogP contribution in [0.5, 0.6) is 0 Å². The van der Waals surface area contributed by atoms with Gasteiger partial charge in [0.05, 0.1) is 22.9 Å². The fourth-order valence-electron chi connectivity index (χ4n) is 2.21. The highest BCUT2D eigenvalue weighted by Gasteiger charge is 2.26. The molecule has 1 aliphatic rings. The van der Waals surface area contributed by atoms with Gasteiger partial charge in [0, 0.05) is 6.04 Å². The van der Waals surface area contributed by atoms with Crippen LogP contribution in [0.25, 0.3) is 0 Å². The highest BCUT2D eigenvalue weighted by Crippen LogP contribution is 2.18. The van der Waals surface area contributed by atoms with Gasteiger partial charge in [0.15, 0.2) is 0 Å². The maximum Gasteiger partial charge on any atom is 0.310 e. The Morgan fingerprint density at radius 3 is 2.75 bits per heavy atom. The average molecular weight is 275 g/mol. The van der Waals surface area contributed by atoms with Crippen molar-refractivity contribution >= 4 is 11.9 Å². The molecule has 0 aliphatic heterocycles. The minimum Gasteiger partial charge on any atom is -0.481 e. The second-order valence-electron chi connectivity index (χ2n) is 4.84. The van der Waals surface area contributed by atoms with Crippen molar-refractivity contribution in [1.29, 1.82) is 0 Å². The van der Waals surface area contributed by atoms with Gasteiger partial charge in [-0.2, -0.15) is 10.2 Å². The van der Waals surface area contributed by atoms with Gasteiger partial charge in [-0.3, -0.25) is 9.59 Å². The van der Waals surface area contributed by atoms with Gasteiger partial charge in [0.25, 0.3) is 5.91 Å². The summed E-state index contributed by atoms with van der Waals surface area (Å²) in [5.41, 5.74) is 1.83. The van der Waals surface area contributed by atoms with E-state index in [1.807, 2.05) is 6.92 Å². The smallest absolute Gasteiger partial charge is 0.310 e. The molecule has 0 spiro atoms. The van der Waals surface area contributed by atoms with Crippen LogP contribution in [-0.4, -0.2) is 33.2 Å². The maximum atomic E-state index is 12.2. The van der Waals surface area contributed by atoms with Crippen LogP contribution < -0.4 is 5.32 Å². The summed E-state index contributed by atoms with van der Waals surface area (Å²) in [5, 5.41) is 19.7. The molecular formula is C14H17N3O3. The van der Waals surface area contributed by atoms with E-state index in [0.29, 0.717) is 29.8 Å². The first-order chi connectivity index (χ1) is 9.51. The second kappa shape index (κ2) is 5.81. The largest absolute Gasteiger partial charge is 0.481 e. The highest BCUT2D eigenvalue weighted by molar-refractivity contribution is 5.95. The molecule has 20 heavy (non-hydrogen) atoms. The lowest BCUT2D eigenvalue weighted by molar-refractivity contribution is -0.140. The fraction of sp³-hybridized carbons (Fsp3) is 0.429. The second-order valence-corrected chi connectivity index (χ2v) is 4.84.